The first-order valence-electron chi connectivity index (χ1n) is 8.74. The van der Waals surface area contributed by atoms with Crippen LogP contribution in [0.15, 0.2) is 59.1 Å². The van der Waals surface area contributed by atoms with Crippen LogP contribution in [0.2, 0.25) is 0 Å². The number of amides is 1. The lowest BCUT2D eigenvalue weighted by Gasteiger charge is -2.20. The van der Waals surface area contributed by atoms with E-state index in [9.17, 15) is 14.7 Å². The van der Waals surface area contributed by atoms with Gasteiger partial charge in [-0.2, -0.15) is 5.26 Å². The number of anilines is 1. The van der Waals surface area contributed by atoms with Gasteiger partial charge in [-0.25, -0.2) is 9.59 Å². The van der Waals surface area contributed by atoms with Gasteiger partial charge in [0, 0.05) is 21.8 Å². The lowest BCUT2D eigenvalue weighted by atomic mass is 10.0. The SMILES string of the molecule is N#Cc1ccc(NC(=O)O[C@H](CCC/C=C/C(=O)O)c2cc(Br)ccc2O)cc1. The first-order valence-corrected chi connectivity index (χ1v) is 9.54. The number of phenols is 1. The Morgan fingerprint density at radius 3 is 2.62 bits per heavy atom. The van der Waals surface area contributed by atoms with Gasteiger partial charge in [0.15, 0.2) is 0 Å². The van der Waals surface area contributed by atoms with Crippen molar-refractivity contribution in [1.82, 2.24) is 0 Å². The number of nitrogens with one attached hydrogen (secondary N) is 1. The van der Waals surface area contributed by atoms with Gasteiger partial charge < -0.3 is 14.9 Å². The van der Waals surface area contributed by atoms with Gasteiger partial charge in [-0.3, -0.25) is 5.32 Å². The minimum Gasteiger partial charge on any atom is -0.508 e. The molecule has 0 aliphatic rings. The van der Waals surface area contributed by atoms with Crippen LogP contribution >= 0.6 is 15.9 Å². The van der Waals surface area contributed by atoms with E-state index in [1.807, 2.05) is 6.07 Å². The van der Waals surface area contributed by atoms with E-state index >= 15 is 0 Å². The van der Waals surface area contributed by atoms with Gasteiger partial charge in [0.25, 0.3) is 0 Å². The monoisotopic (exact) mass is 458 g/mol. The second-order valence-corrected chi connectivity index (χ2v) is 7.00. The summed E-state index contributed by atoms with van der Waals surface area (Å²) >= 11 is 3.34. The standard InChI is InChI=1S/C21H19BrN2O5/c22-15-8-11-18(25)17(12-15)19(4-2-1-3-5-20(26)27)29-21(28)24-16-9-6-14(13-23)7-10-16/h3,5-12,19,25H,1-2,4H2,(H,24,28)(H,26,27)/b5-3+/t19-/m1/s1. The largest absolute Gasteiger partial charge is 0.508 e. The van der Waals surface area contributed by atoms with Crippen LogP contribution in [0.1, 0.15) is 36.5 Å². The Hall–Kier alpha value is -3.31. The van der Waals surface area contributed by atoms with Crippen molar-refractivity contribution < 1.29 is 24.5 Å². The molecule has 1 atom stereocenters. The van der Waals surface area contributed by atoms with Crippen molar-refractivity contribution in [2.24, 2.45) is 0 Å². The fourth-order valence-corrected chi connectivity index (χ4v) is 2.95. The molecular formula is C21H19BrN2O5. The average Bonchev–Trinajstić information content (AvgIpc) is 2.69. The molecule has 0 unspecified atom stereocenters. The summed E-state index contributed by atoms with van der Waals surface area (Å²) in [6.45, 7) is 0. The van der Waals surface area contributed by atoms with Gasteiger partial charge in [-0.05, 0) is 61.7 Å². The zero-order valence-corrected chi connectivity index (χ0v) is 16.9. The van der Waals surface area contributed by atoms with E-state index in [4.69, 9.17) is 15.1 Å². The smallest absolute Gasteiger partial charge is 0.412 e. The highest BCUT2D eigenvalue weighted by molar-refractivity contribution is 9.10. The molecule has 0 aliphatic heterocycles. The van der Waals surface area contributed by atoms with E-state index in [0.717, 1.165) is 10.5 Å². The lowest BCUT2D eigenvalue weighted by Crippen LogP contribution is -2.18. The zero-order chi connectivity index (χ0) is 21.2. The van der Waals surface area contributed by atoms with Gasteiger partial charge in [0.1, 0.15) is 11.9 Å². The summed E-state index contributed by atoms with van der Waals surface area (Å²) in [5, 5.41) is 30.2. The van der Waals surface area contributed by atoms with Crippen LogP contribution in [0.4, 0.5) is 10.5 Å². The number of phenolic OH excluding ortho intramolecular Hbond substituents is 1. The number of rotatable bonds is 8. The van der Waals surface area contributed by atoms with Gasteiger partial charge in [-0.15, -0.1) is 0 Å². The van der Waals surface area contributed by atoms with Crippen LogP contribution in [-0.2, 0) is 9.53 Å². The second-order valence-electron chi connectivity index (χ2n) is 6.08. The number of carbonyl (C=O) groups excluding carboxylic acids is 1. The molecule has 3 N–H and O–H groups in total. The van der Waals surface area contributed by atoms with Crippen molar-refractivity contribution in [3.8, 4) is 11.8 Å². The van der Waals surface area contributed by atoms with E-state index in [1.54, 1.807) is 36.4 Å². The van der Waals surface area contributed by atoms with Crippen LogP contribution in [0.25, 0.3) is 0 Å². The van der Waals surface area contributed by atoms with E-state index in [0.29, 0.717) is 36.1 Å². The highest BCUT2D eigenvalue weighted by Gasteiger charge is 2.20. The maximum Gasteiger partial charge on any atom is 0.412 e. The quantitative estimate of drug-likeness (QED) is 0.372. The number of aliphatic carboxylic acids is 1. The number of ether oxygens (including phenoxy) is 1. The second kappa shape index (κ2) is 10.9. The maximum absolute atomic E-state index is 12.3. The van der Waals surface area contributed by atoms with E-state index in [-0.39, 0.29) is 5.75 Å². The minimum atomic E-state index is -1.02. The molecule has 8 heteroatoms. The molecule has 0 fully saturated rings. The van der Waals surface area contributed by atoms with E-state index in [1.165, 1.54) is 12.1 Å². The zero-order valence-electron chi connectivity index (χ0n) is 15.3. The molecule has 0 radical (unpaired) electrons. The average molecular weight is 459 g/mol. The van der Waals surface area contributed by atoms with Crippen LogP contribution in [0.5, 0.6) is 5.75 Å². The third-order valence-electron chi connectivity index (χ3n) is 3.94. The number of nitriles is 1. The molecule has 0 spiro atoms. The van der Waals surface area contributed by atoms with Crippen LogP contribution in [-0.4, -0.2) is 22.3 Å². The van der Waals surface area contributed by atoms with Crippen molar-refractivity contribution in [2.45, 2.75) is 25.4 Å². The Bertz CT molecular complexity index is 935. The number of nitrogens with zero attached hydrogens (tertiary/aromatic N) is 1. The Morgan fingerprint density at radius 1 is 1.24 bits per heavy atom. The molecule has 0 aliphatic carbocycles. The molecule has 0 heterocycles. The predicted octanol–water partition coefficient (Wildman–Crippen LogP) is 5.13. The molecule has 2 aromatic rings. The molecule has 150 valence electrons. The van der Waals surface area contributed by atoms with Crippen molar-refractivity contribution in [1.29, 1.82) is 5.26 Å². The Morgan fingerprint density at radius 2 is 1.97 bits per heavy atom. The first kappa shape index (κ1) is 22.0. The fraction of sp³-hybridized carbons (Fsp3) is 0.190. The van der Waals surface area contributed by atoms with Crippen LogP contribution < -0.4 is 5.32 Å². The predicted molar refractivity (Wildman–Crippen MR) is 110 cm³/mol. The van der Waals surface area contributed by atoms with Crippen molar-refractivity contribution >= 4 is 33.7 Å². The molecule has 2 aromatic carbocycles. The van der Waals surface area contributed by atoms with Gasteiger partial charge >= 0.3 is 12.1 Å². The minimum absolute atomic E-state index is 0.00884. The molecule has 0 aromatic heterocycles. The van der Waals surface area contributed by atoms with Crippen molar-refractivity contribution in [2.75, 3.05) is 5.32 Å². The number of aromatic hydroxyl groups is 1. The van der Waals surface area contributed by atoms with Crippen LogP contribution in [0, 0.1) is 11.3 Å². The maximum atomic E-state index is 12.3. The summed E-state index contributed by atoms with van der Waals surface area (Å²) in [4.78, 5) is 22.9. The molecular weight excluding hydrogens is 440 g/mol. The summed E-state index contributed by atoms with van der Waals surface area (Å²) in [6.07, 6.45) is 2.56. The molecule has 2 rings (SSSR count). The number of benzene rings is 2. The topological polar surface area (TPSA) is 120 Å². The Kier molecular flexibility index (Phi) is 8.25. The molecule has 0 bridgehead atoms. The fourth-order valence-electron chi connectivity index (χ4n) is 2.57. The molecule has 29 heavy (non-hydrogen) atoms. The Labute approximate surface area is 176 Å². The third kappa shape index (κ3) is 7.31. The summed E-state index contributed by atoms with van der Waals surface area (Å²) < 4.78 is 6.24. The first-order chi connectivity index (χ1) is 13.9. The highest BCUT2D eigenvalue weighted by atomic mass is 79.9. The molecule has 0 saturated carbocycles. The van der Waals surface area contributed by atoms with Gasteiger partial charge in [0.2, 0.25) is 0 Å². The Balaban J connectivity index is 2.08. The molecule has 0 saturated heterocycles. The van der Waals surface area contributed by atoms with E-state index < -0.39 is 18.2 Å². The number of hydrogen-bond acceptors (Lipinski definition) is 5. The normalized spacial score (nSPS) is 11.6. The number of allylic oxidation sites excluding steroid dienone is 1. The van der Waals surface area contributed by atoms with Gasteiger partial charge in [0.05, 0.1) is 11.6 Å². The van der Waals surface area contributed by atoms with Gasteiger partial charge in [-0.1, -0.05) is 22.0 Å². The number of unbranched alkanes of at least 4 members (excludes halogenated alkanes) is 1. The third-order valence-corrected chi connectivity index (χ3v) is 4.44. The number of carboxylic acids is 1. The van der Waals surface area contributed by atoms with E-state index in [2.05, 4.69) is 21.2 Å². The number of halogens is 1. The number of carbonyl (C=O) groups is 2. The summed E-state index contributed by atoms with van der Waals surface area (Å²) in [5.74, 6) is -1.03. The summed E-state index contributed by atoms with van der Waals surface area (Å²) in [7, 11) is 0. The summed E-state index contributed by atoms with van der Waals surface area (Å²) in [6, 6.07) is 13.1. The number of carboxylic acid groups (broad SMARTS) is 1. The van der Waals surface area contributed by atoms with Crippen LogP contribution in [0.3, 0.4) is 0 Å². The lowest BCUT2D eigenvalue weighted by molar-refractivity contribution is -0.131. The molecule has 7 nitrogen and oxygen atoms in total. The summed E-state index contributed by atoms with van der Waals surface area (Å²) in [5.41, 5.74) is 1.38. The molecule has 1 amide bonds. The van der Waals surface area contributed by atoms with Crippen molar-refractivity contribution in [3.05, 3.63) is 70.2 Å². The highest BCUT2D eigenvalue weighted by Crippen LogP contribution is 2.33. The number of hydrogen-bond donors (Lipinski definition) is 3. The van der Waals surface area contributed by atoms with Crippen molar-refractivity contribution in [3.63, 3.8) is 0 Å².